The van der Waals surface area contributed by atoms with Gasteiger partial charge in [0.1, 0.15) is 6.54 Å². The van der Waals surface area contributed by atoms with Crippen molar-refractivity contribution >= 4 is 28.5 Å². The van der Waals surface area contributed by atoms with Gasteiger partial charge in [-0.25, -0.2) is 9.78 Å². The van der Waals surface area contributed by atoms with Gasteiger partial charge in [-0.2, -0.15) is 0 Å². The molecule has 0 bridgehead atoms. The predicted molar refractivity (Wildman–Crippen MR) is 60.6 cm³/mol. The standard InChI is InChI=1S/C9H13N3O3S/c1-5-6(2)16-9(11-5)12-8(14)10-4-7(13)15-3/h4H2,1-3H3,(H2,10,11,12,14). The van der Waals surface area contributed by atoms with Crippen molar-refractivity contribution in [3.05, 3.63) is 10.6 Å². The lowest BCUT2D eigenvalue weighted by Gasteiger charge is -2.03. The molecule has 0 saturated carbocycles. The Morgan fingerprint density at radius 3 is 2.62 bits per heavy atom. The van der Waals surface area contributed by atoms with E-state index < -0.39 is 12.0 Å². The molecule has 0 fully saturated rings. The summed E-state index contributed by atoms with van der Waals surface area (Å²) >= 11 is 1.38. The normalized spacial score (nSPS) is 9.69. The molecule has 1 rings (SSSR count). The molecule has 16 heavy (non-hydrogen) atoms. The monoisotopic (exact) mass is 243 g/mol. The van der Waals surface area contributed by atoms with Crippen LogP contribution < -0.4 is 10.6 Å². The number of amides is 2. The second kappa shape index (κ2) is 5.45. The average molecular weight is 243 g/mol. The van der Waals surface area contributed by atoms with Crippen LogP contribution in [0.4, 0.5) is 9.93 Å². The number of methoxy groups -OCH3 is 1. The molecule has 7 heteroatoms. The number of anilines is 1. The van der Waals surface area contributed by atoms with Gasteiger partial charge in [0.15, 0.2) is 5.13 Å². The molecule has 1 aromatic rings. The van der Waals surface area contributed by atoms with Crippen LogP contribution >= 0.6 is 11.3 Å². The number of nitrogens with one attached hydrogen (secondary N) is 2. The molecule has 2 N–H and O–H groups in total. The summed E-state index contributed by atoms with van der Waals surface area (Å²) in [6.45, 7) is 3.62. The lowest BCUT2D eigenvalue weighted by Crippen LogP contribution is -2.33. The molecule has 0 unspecified atom stereocenters. The fraction of sp³-hybridized carbons (Fsp3) is 0.444. The first-order chi connectivity index (χ1) is 7.52. The Hall–Kier alpha value is -1.63. The number of rotatable bonds is 3. The number of hydrogen-bond acceptors (Lipinski definition) is 5. The van der Waals surface area contributed by atoms with Gasteiger partial charge in [-0.15, -0.1) is 11.3 Å². The first kappa shape index (κ1) is 12.4. The van der Waals surface area contributed by atoms with Gasteiger partial charge >= 0.3 is 12.0 Å². The summed E-state index contributed by atoms with van der Waals surface area (Å²) in [7, 11) is 1.26. The summed E-state index contributed by atoms with van der Waals surface area (Å²) in [4.78, 5) is 27.2. The molecular weight excluding hydrogens is 230 g/mol. The second-order valence-corrected chi connectivity index (χ2v) is 4.25. The Morgan fingerprint density at radius 2 is 2.12 bits per heavy atom. The quantitative estimate of drug-likeness (QED) is 0.778. The molecule has 1 aromatic heterocycles. The van der Waals surface area contributed by atoms with E-state index in [0.717, 1.165) is 10.6 Å². The molecule has 0 radical (unpaired) electrons. The Kier molecular flexibility index (Phi) is 4.24. The van der Waals surface area contributed by atoms with Gasteiger partial charge in [-0.1, -0.05) is 0 Å². The van der Waals surface area contributed by atoms with E-state index in [1.54, 1.807) is 0 Å². The third-order valence-corrected chi connectivity index (χ3v) is 2.86. The maximum Gasteiger partial charge on any atom is 0.325 e. The van der Waals surface area contributed by atoms with E-state index in [2.05, 4.69) is 20.4 Å². The molecule has 0 spiro atoms. The first-order valence-electron chi connectivity index (χ1n) is 4.58. The molecule has 6 nitrogen and oxygen atoms in total. The Morgan fingerprint density at radius 1 is 1.44 bits per heavy atom. The van der Waals surface area contributed by atoms with Crippen molar-refractivity contribution < 1.29 is 14.3 Å². The van der Waals surface area contributed by atoms with Crippen molar-refractivity contribution in [1.29, 1.82) is 0 Å². The first-order valence-corrected chi connectivity index (χ1v) is 5.40. The molecule has 88 valence electrons. The topological polar surface area (TPSA) is 80.3 Å². The van der Waals surface area contributed by atoms with E-state index in [1.165, 1.54) is 18.4 Å². The number of urea groups is 1. The van der Waals surface area contributed by atoms with E-state index in [1.807, 2.05) is 13.8 Å². The van der Waals surface area contributed by atoms with Crippen LogP contribution in [0.1, 0.15) is 10.6 Å². The van der Waals surface area contributed by atoms with Gasteiger partial charge in [-0.3, -0.25) is 10.1 Å². The third-order valence-electron chi connectivity index (χ3n) is 1.87. The van der Waals surface area contributed by atoms with E-state index >= 15 is 0 Å². The van der Waals surface area contributed by atoms with E-state index in [0.29, 0.717) is 5.13 Å². The van der Waals surface area contributed by atoms with Crippen molar-refractivity contribution in [2.75, 3.05) is 19.0 Å². The SMILES string of the molecule is COC(=O)CNC(=O)Nc1nc(C)c(C)s1. The maximum absolute atomic E-state index is 11.3. The van der Waals surface area contributed by atoms with Crippen molar-refractivity contribution in [2.45, 2.75) is 13.8 Å². The number of esters is 1. The summed E-state index contributed by atoms with van der Waals surface area (Å²) < 4.78 is 4.38. The summed E-state index contributed by atoms with van der Waals surface area (Å²) in [5.41, 5.74) is 0.883. The van der Waals surface area contributed by atoms with Crippen LogP contribution in [0.15, 0.2) is 0 Å². The number of aromatic nitrogens is 1. The molecule has 0 atom stereocenters. The fourth-order valence-electron chi connectivity index (χ4n) is 0.892. The van der Waals surface area contributed by atoms with Crippen LogP contribution in [-0.4, -0.2) is 30.6 Å². The summed E-state index contributed by atoms with van der Waals surface area (Å²) in [6, 6.07) is -0.473. The zero-order valence-corrected chi connectivity index (χ0v) is 10.1. The number of nitrogens with zero attached hydrogens (tertiary/aromatic N) is 1. The van der Waals surface area contributed by atoms with Crippen LogP contribution in [0.25, 0.3) is 0 Å². The van der Waals surface area contributed by atoms with Gasteiger partial charge in [0, 0.05) is 4.88 Å². The minimum Gasteiger partial charge on any atom is -0.468 e. The van der Waals surface area contributed by atoms with Crippen LogP contribution in [-0.2, 0) is 9.53 Å². The van der Waals surface area contributed by atoms with Gasteiger partial charge < -0.3 is 10.1 Å². The van der Waals surface area contributed by atoms with Crippen LogP contribution in [0.3, 0.4) is 0 Å². The maximum atomic E-state index is 11.3. The Labute approximate surface area is 97.0 Å². The van der Waals surface area contributed by atoms with Crippen molar-refractivity contribution in [3.63, 3.8) is 0 Å². The van der Waals surface area contributed by atoms with Crippen LogP contribution in [0.2, 0.25) is 0 Å². The van der Waals surface area contributed by atoms with Crippen molar-refractivity contribution in [3.8, 4) is 0 Å². The third kappa shape index (κ3) is 3.50. The van der Waals surface area contributed by atoms with Gasteiger partial charge in [0.05, 0.1) is 12.8 Å². The second-order valence-electron chi connectivity index (χ2n) is 3.04. The van der Waals surface area contributed by atoms with Crippen LogP contribution in [0.5, 0.6) is 0 Å². The largest absolute Gasteiger partial charge is 0.468 e. The minimum absolute atomic E-state index is 0.161. The molecular formula is C9H13N3O3S. The molecule has 2 amide bonds. The number of carbonyl (C=O) groups excluding carboxylic acids is 2. The zero-order valence-electron chi connectivity index (χ0n) is 9.29. The number of thiazole rings is 1. The number of hydrogen-bond donors (Lipinski definition) is 2. The summed E-state index contributed by atoms with van der Waals surface area (Å²) in [5, 5.41) is 5.40. The highest BCUT2D eigenvalue weighted by Crippen LogP contribution is 2.20. The Balaban J connectivity index is 2.42. The highest BCUT2D eigenvalue weighted by Gasteiger charge is 2.08. The number of ether oxygens (including phenoxy) is 1. The number of carbonyl (C=O) groups is 2. The Bertz CT molecular complexity index is 383. The highest BCUT2D eigenvalue weighted by atomic mass is 32.1. The lowest BCUT2D eigenvalue weighted by molar-refractivity contribution is -0.139. The molecule has 1 heterocycles. The summed E-state index contributed by atoms with van der Waals surface area (Å²) in [6.07, 6.45) is 0. The van der Waals surface area contributed by atoms with Gasteiger partial charge in [0.2, 0.25) is 0 Å². The zero-order chi connectivity index (χ0) is 12.1. The highest BCUT2D eigenvalue weighted by molar-refractivity contribution is 7.15. The molecule has 0 aliphatic rings. The summed E-state index contributed by atoms with van der Waals surface area (Å²) in [5.74, 6) is -0.498. The van der Waals surface area contributed by atoms with Gasteiger partial charge in [-0.05, 0) is 13.8 Å². The lowest BCUT2D eigenvalue weighted by atomic mass is 10.4. The smallest absolute Gasteiger partial charge is 0.325 e. The van der Waals surface area contributed by atoms with Crippen molar-refractivity contribution in [1.82, 2.24) is 10.3 Å². The number of aryl methyl sites for hydroxylation is 2. The molecule has 0 aliphatic heterocycles. The van der Waals surface area contributed by atoms with Crippen LogP contribution in [0, 0.1) is 13.8 Å². The van der Waals surface area contributed by atoms with Crippen molar-refractivity contribution in [2.24, 2.45) is 0 Å². The molecule has 0 aliphatic carbocycles. The van der Waals surface area contributed by atoms with E-state index in [4.69, 9.17) is 0 Å². The molecule has 0 saturated heterocycles. The van der Waals surface area contributed by atoms with E-state index in [-0.39, 0.29) is 6.54 Å². The average Bonchev–Trinajstić information content (AvgIpc) is 2.54. The molecule has 0 aromatic carbocycles. The predicted octanol–water partition coefficient (Wildman–Crippen LogP) is 1.05. The fourth-order valence-corrected chi connectivity index (χ4v) is 1.70. The van der Waals surface area contributed by atoms with Gasteiger partial charge in [0.25, 0.3) is 0 Å². The minimum atomic E-state index is -0.498. The van der Waals surface area contributed by atoms with E-state index in [9.17, 15) is 9.59 Å².